The van der Waals surface area contributed by atoms with Gasteiger partial charge in [0.2, 0.25) is 0 Å². The molecule has 31 heavy (non-hydrogen) atoms. The van der Waals surface area contributed by atoms with Gasteiger partial charge >= 0.3 is 12.4 Å². The molecule has 0 heterocycles. The Hall–Kier alpha value is -3.57. The van der Waals surface area contributed by atoms with Crippen molar-refractivity contribution in [1.82, 2.24) is 0 Å². The molecule has 0 saturated heterocycles. The van der Waals surface area contributed by atoms with Crippen LogP contribution in [0, 0.1) is 6.92 Å². The fourth-order valence-corrected chi connectivity index (χ4v) is 2.22. The van der Waals surface area contributed by atoms with Crippen LogP contribution in [0.25, 0.3) is 0 Å². The van der Waals surface area contributed by atoms with E-state index >= 15 is 0 Å². The molecule has 0 aliphatic rings. The van der Waals surface area contributed by atoms with Crippen molar-refractivity contribution < 1.29 is 40.8 Å². The number of alkyl halides is 6. The summed E-state index contributed by atoms with van der Waals surface area (Å²) >= 11 is 0. The largest absolute Gasteiger partial charge is 0.416 e. The van der Waals surface area contributed by atoms with Crippen LogP contribution in [0.4, 0.5) is 37.7 Å². The van der Waals surface area contributed by atoms with Gasteiger partial charge in [-0.1, -0.05) is 22.9 Å². The number of anilines is 2. The molecule has 0 aromatic heterocycles. The molecule has 0 atom stereocenters. The number of rotatable bonds is 6. The summed E-state index contributed by atoms with van der Waals surface area (Å²) in [4.78, 5) is 27.9. The maximum atomic E-state index is 12.8. The van der Waals surface area contributed by atoms with Gasteiger partial charge in [-0.15, -0.1) is 0 Å². The maximum Gasteiger partial charge on any atom is 0.416 e. The van der Waals surface area contributed by atoms with Crippen LogP contribution in [0.1, 0.15) is 16.7 Å². The predicted molar refractivity (Wildman–Crippen MR) is 99.3 cm³/mol. The first-order chi connectivity index (χ1) is 14.3. The zero-order valence-electron chi connectivity index (χ0n) is 15.8. The first-order valence-electron chi connectivity index (χ1n) is 8.47. The first kappa shape index (κ1) is 23.7. The third-order valence-electron chi connectivity index (χ3n) is 3.63. The van der Waals surface area contributed by atoms with Gasteiger partial charge in [0, 0.05) is 11.4 Å². The van der Waals surface area contributed by atoms with Crippen LogP contribution in [-0.4, -0.2) is 24.6 Å². The molecule has 6 nitrogen and oxygen atoms in total. The SMILES string of the molecule is Cc1ccc(NC(=O)/C=N/OCC(=O)Nc2cc(C(F)(F)F)cc(C(F)(F)F)c2)cc1. The molecule has 2 amide bonds. The van der Waals surface area contributed by atoms with Gasteiger partial charge in [0.25, 0.3) is 11.8 Å². The molecule has 2 aromatic carbocycles. The number of nitrogens with zero attached hydrogens (tertiary/aromatic N) is 1. The second-order valence-electron chi connectivity index (χ2n) is 6.21. The standard InChI is InChI=1S/C19H15F6N3O3/c1-11-2-4-14(5-3-11)27-16(29)9-26-31-10-17(30)28-15-7-12(18(20,21)22)6-13(8-15)19(23,24)25/h2-9H,10H2,1H3,(H,27,29)(H,28,30)/b26-9+. The highest BCUT2D eigenvalue weighted by molar-refractivity contribution is 6.31. The van der Waals surface area contributed by atoms with Crippen LogP contribution in [0.5, 0.6) is 0 Å². The number of oxime groups is 1. The smallest absolute Gasteiger partial charge is 0.385 e. The minimum absolute atomic E-state index is 0.0664. The van der Waals surface area contributed by atoms with Crippen molar-refractivity contribution in [1.29, 1.82) is 0 Å². The number of halogens is 6. The number of hydrogen-bond acceptors (Lipinski definition) is 4. The monoisotopic (exact) mass is 447 g/mol. The zero-order chi connectivity index (χ0) is 23.2. The molecule has 166 valence electrons. The Balaban J connectivity index is 1.94. The van der Waals surface area contributed by atoms with Crippen molar-refractivity contribution in [3.63, 3.8) is 0 Å². The fraction of sp³-hybridized carbons (Fsp3) is 0.211. The molecule has 2 rings (SSSR count). The topological polar surface area (TPSA) is 79.8 Å². The molecule has 0 aliphatic heterocycles. The van der Waals surface area contributed by atoms with Crippen LogP contribution in [0.3, 0.4) is 0 Å². The molecule has 0 fully saturated rings. The molecular formula is C19H15F6N3O3. The number of nitrogens with one attached hydrogen (secondary N) is 2. The number of benzene rings is 2. The predicted octanol–water partition coefficient (Wildman–Crippen LogP) is 4.61. The number of aryl methyl sites for hydroxylation is 1. The maximum absolute atomic E-state index is 12.8. The summed E-state index contributed by atoms with van der Waals surface area (Å²) in [6.45, 7) is 1.00. The van der Waals surface area contributed by atoms with Gasteiger partial charge in [-0.2, -0.15) is 26.3 Å². The lowest BCUT2D eigenvalue weighted by Gasteiger charge is -2.14. The summed E-state index contributed by atoms with van der Waals surface area (Å²) in [6, 6.07) is 7.43. The normalized spacial score (nSPS) is 12.0. The van der Waals surface area contributed by atoms with Crippen LogP contribution in [0.2, 0.25) is 0 Å². The Kier molecular flexibility index (Phi) is 7.26. The van der Waals surface area contributed by atoms with E-state index in [9.17, 15) is 35.9 Å². The molecule has 0 spiro atoms. The van der Waals surface area contributed by atoms with Crippen LogP contribution >= 0.6 is 0 Å². The molecule has 0 bridgehead atoms. The third-order valence-corrected chi connectivity index (χ3v) is 3.63. The summed E-state index contributed by atoms with van der Waals surface area (Å²) < 4.78 is 76.9. The van der Waals surface area contributed by atoms with Gasteiger partial charge in [0.1, 0.15) is 6.21 Å². The number of carbonyl (C=O) groups is 2. The summed E-state index contributed by atoms with van der Waals surface area (Å²) in [7, 11) is 0. The summed E-state index contributed by atoms with van der Waals surface area (Å²) in [5.74, 6) is -1.76. The molecule has 2 aromatic rings. The fourth-order valence-electron chi connectivity index (χ4n) is 2.22. The molecule has 12 heteroatoms. The van der Waals surface area contributed by atoms with Crippen molar-refractivity contribution in [3.8, 4) is 0 Å². The first-order valence-corrected chi connectivity index (χ1v) is 8.47. The van der Waals surface area contributed by atoms with Gasteiger partial charge < -0.3 is 15.5 Å². The Labute approximate surface area is 171 Å². The number of hydrogen-bond donors (Lipinski definition) is 2. The molecule has 0 radical (unpaired) electrons. The second-order valence-corrected chi connectivity index (χ2v) is 6.21. The van der Waals surface area contributed by atoms with Crippen molar-refractivity contribution in [2.45, 2.75) is 19.3 Å². The van der Waals surface area contributed by atoms with Crippen molar-refractivity contribution in [2.75, 3.05) is 17.2 Å². The lowest BCUT2D eigenvalue weighted by Crippen LogP contribution is -2.19. The number of amides is 2. The molecular weight excluding hydrogens is 432 g/mol. The zero-order valence-corrected chi connectivity index (χ0v) is 15.8. The molecule has 0 aliphatic carbocycles. The van der Waals surface area contributed by atoms with E-state index in [2.05, 4.69) is 15.3 Å². The third kappa shape index (κ3) is 7.64. The Bertz CT molecular complexity index is 937. The van der Waals surface area contributed by atoms with Crippen molar-refractivity contribution in [2.24, 2.45) is 5.16 Å². The minimum atomic E-state index is -5.05. The molecule has 2 N–H and O–H groups in total. The number of carbonyl (C=O) groups excluding carboxylic acids is 2. The van der Waals surface area contributed by atoms with Crippen LogP contribution < -0.4 is 10.6 Å². The van der Waals surface area contributed by atoms with E-state index in [0.29, 0.717) is 24.0 Å². The van der Waals surface area contributed by atoms with Crippen molar-refractivity contribution >= 4 is 29.4 Å². The Morgan fingerprint density at radius 1 is 0.903 bits per heavy atom. The summed E-state index contributed by atoms with van der Waals surface area (Å²) in [5, 5.41) is 7.54. The highest BCUT2D eigenvalue weighted by Crippen LogP contribution is 2.37. The molecule has 0 unspecified atom stereocenters. The van der Waals surface area contributed by atoms with E-state index in [1.807, 2.05) is 12.2 Å². The average Bonchev–Trinajstić information content (AvgIpc) is 2.65. The van der Waals surface area contributed by atoms with Gasteiger partial charge in [0.15, 0.2) is 6.61 Å². The van der Waals surface area contributed by atoms with Crippen molar-refractivity contribution in [3.05, 3.63) is 59.2 Å². The van der Waals surface area contributed by atoms with Crippen LogP contribution in [-0.2, 0) is 26.8 Å². The average molecular weight is 447 g/mol. The summed E-state index contributed by atoms with van der Waals surface area (Å²) in [6.07, 6.45) is -9.39. The highest BCUT2D eigenvalue weighted by Gasteiger charge is 2.37. The van der Waals surface area contributed by atoms with Gasteiger partial charge in [-0.3, -0.25) is 9.59 Å². The lowest BCUT2D eigenvalue weighted by atomic mass is 10.1. The van der Waals surface area contributed by atoms with E-state index in [0.717, 1.165) is 5.56 Å². The van der Waals surface area contributed by atoms with Gasteiger partial charge in [0.05, 0.1) is 11.1 Å². The molecule has 0 saturated carbocycles. The Morgan fingerprint density at radius 3 is 1.97 bits per heavy atom. The van der Waals surface area contributed by atoms with E-state index < -0.39 is 47.6 Å². The van der Waals surface area contributed by atoms with Gasteiger partial charge in [-0.25, -0.2) is 0 Å². The Morgan fingerprint density at radius 2 is 1.45 bits per heavy atom. The van der Waals surface area contributed by atoms with E-state index in [4.69, 9.17) is 0 Å². The van der Waals surface area contributed by atoms with E-state index in [1.165, 1.54) is 0 Å². The summed E-state index contributed by atoms with van der Waals surface area (Å²) in [5.41, 5.74) is -2.43. The quantitative estimate of drug-likeness (QED) is 0.386. The van der Waals surface area contributed by atoms with E-state index in [1.54, 1.807) is 24.3 Å². The second kappa shape index (κ2) is 9.49. The van der Waals surface area contributed by atoms with E-state index in [-0.39, 0.29) is 6.07 Å². The lowest BCUT2D eigenvalue weighted by molar-refractivity contribution is -0.143. The minimum Gasteiger partial charge on any atom is -0.385 e. The van der Waals surface area contributed by atoms with Crippen LogP contribution in [0.15, 0.2) is 47.6 Å². The van der Waals surface area contributed by atoms with Gasteiger partial charge in [-0.05, 0) is 37.3 Å². The highest BCUT2D eigenvalue weighted by atomic mass is 19.4.